The number of para-hydroxylation sites is 2. The maximum Gasteiger partial charge on any atom is 0.264 e. The number of sulfonamides is 1. The van der Waals surface area contributed by atoms with Crippen molar-refractivity contribution in [3.63, 3.8) is 0 Å². The largest absolute Gasteiger partial charge is 0.492 e. The molecular formula is C31H37Cl2N3O5S. The highest BCUT2D eigenvalue weighted by Gasteiger charge is 2.35. The molecule has 0 aliphatic carbocycles. The molecule has 0 saturated carbocycles. The minimum Gasteiger partial charge on any atom is -0.492 e. The van der Waals surface area contributed by atoms with Gasteiger partial charge in [-0.05, 0) is 67.3 Å². The van der Waals surface area contributed by atoms with E-state index < -0.39 is 28.5 Å². The van der Waals surface area contributed by atoms with E-state index in [-0.39, 0.29) is 35.6 Å². The Morgan fingerprint density at radius 3 is 2.19 bits per heavy atom. The number of ether oxygens (including phenoxy) is 1. The molecule has 1 N–H and O–H groups in total. The second kappa shape index (κ2) is 15.3. The molecule has 0 radical (unpaired) electrons. The van der Waals surface area contributed by atoms with Gasteiger partial charge in [0.05, 0.1) is 17.2 Å². The van der Waals surface area contributed by atoms with Gasteiger partial charge in [-0.1, -0.05) is 74.3 Å². The molecule has 0 saturated heterocycles. The van der Waals surface area contributed by atoms with Gasteiger partial charge in [0, 0.05) is 23.1 Å². The number of carbonyl (C=O) groups is 2. The van der Waals surface area contributed by atoms with E-state index in [2.05, 4.69) is 5.32 Å². The first-order chi connectivity index (χ1) is 20.0. The van der Waals surface area contributed by atoms with Gasteiger partial charge < -0.3 is 15.0 Å². The van der Waals surface area contributed by atoms with Crippen LogP contribution in [0.3, 0.4) is 0 Å². The molecule has 0 aliphatic heterocycles. The van der Waals surface area contributed by atoms with E-state index >= 15 is 0 Å². The fraction of sp³-hybridized carbons (Fsp3) is 0.355. The Bertz CT molecular complexity index is 1470. The molecule has 0 aromatic heterocycles. The average Bonchev–Trinajstić information content (AvgIpc) is 2.96. The van der Waals surface area contributed by atoms with Crippen molar-refractivity contribution < 1.29 is 22.7 Å². The molecule has 1 atom stereocenters. The van der Waals surface area contributed by atoms with Gasteiger partial charge in [0.25, 0.3) is 10.0 Å². The maximum atomic E-state index is 14.2. The van der Waals surface area contributed by atoms with Crippen LogP contribution in [0, 0.1) is 5.92 Å². The lowest BCUT2D eigenvalue weighted by Crippen LogP contribution is -2.52. The lowest BCUT2D eigenvalue weighted by Gasteiger charge is -2.33. The Morgan fingerprint density at radius 2 is 1.57 bits per heavy atom. The summed E-state index contributed by atoms with van der Waals surface area (Å²) in [5.41, 5.74) is 0.821. The van der Waals surface area contributed by atoms with Gasteiger partial charge in [0.2, 0.25) is 11.8 Å². The first-order valence-corrected chi connectivity index (χ1v) is 16.0. The second-order valence-corrected chi connectivity index (χ2v) is 12.7. The minimum absolute atomic E-state index is 0.00799. The summed E-state index contributed by atoms with van der Waals surface area (Å²) in [6.45, 7) is 7.68. The predicted molar refractivity (Wildman–Crippen MR) is 168 cm³/mol. The lowest BCUT2D eigenvalue weighted by atomic mass is 10.1. The first-order valence-electron chi connectivity index (χ1n) is 13.8. The minimum atomic E-state index is -4.27. The molecule has 2 amide bonds. The molecule has 0 heterocycles. The third-order valence-electron chi connectivity index (χ3n) is 6.48. The van der Waals surface area contributed by atoms with Crippen molar-refractivity contribution in [1.82, 2.24) is 10.2 Å². The van der Waals surface area contributed by atoms with Crippen molar-refractivity contribution in [1.29, 1.82) is 0 Å². The molecule has 8 nitrogen and oxygen atoms in total. The fourth-order valence-corrected chi connectivity index (χ4v) is 6.09. The third-order valence-corrected chi connectivity index (χ3v) is 8.88. The van der Waals surface area contributed by atoms with Crippen LogP contribution in [-0.4, -0.2) is 50.9 Å². The van der Waals surface area contributed by atoms with Crippen molar-refractivity contribution in [2.45, 2.75) is 51.6 Å². The molecule has 3 aromatic carbocycles. The molecule has 11 heteroatoms. The van der Waals surface area contributed by atoms with E-state index in [9.17, 15) is 18.0 Å². The highest BCUT2D eigenvalue weighted by atomic mass is 35.5. The van der Waals surface area contributed by atoms with E-state index in [0.29, 0.717) is 34.3 Å². The number of nitrogens with zero attached hydrogens (tertiary/aromatic N) is 2. The molecule has 42 heavy (non-hydrogen) atoms. The van der Waals surface area contributed by atoms with Gasteiger partial charge in [-0.15, -0.1) is 0 Å². The van der Waals surface area contributed by atoms with E-state index in [4.69, 9.17) is 27.9 Å². The number of hydrogen-bond donors (Lipinski definition) is 1. The maximum absolute atomic E-state index is 14.2. The number of nitrogens with one attached hydrogen (secondary N) is 1. The Morgan fingerprint density at radius 1 is 0.929 bits per heavy atom. The molecule has 226 valence electrons. The monoisotopic (exact) mass is 633 g/mol. The van der Waals surface area contributed by atoms with Crippen LogP contribution in [-0.2, 0) is 26.2 Å². The summed E-state index contributed by atoms with van der Waals surface area (Å²) in [4.78, 5) is 28.9. The van der Waals surface area contributed by atoms with Crippen molar-refractivity contribution in [2.24, 2.45) is 5.92 Å². The highest BCUT2D eigenvalue weighted by Crippen LogP contribution is 2.33. The van der Waals surface area contributed by atoms with E-state index in [1.165, 1.54) is 29.2 Å². The van der Waals surface area contributed by atoms with Crippen LogP contribution in [0.1, 0.15) is 39.7 Å². The first kappa shape index (κ1) is 33.2. The number of amides is 2. The highest BCUT2D eigenvalue weighted by molar-refractivity contribution is 7.92. The Labute approximate surface area is 258 Å². The third kappa shape index (κ3) is 8.40. The number of carbonyl (C=O) groups excluding carboxylic acids is 2. The summed E-state index contributed by atoms with van der Waals surface area (Å²) < 4.78 is 34.9. The van der Waals surface area contributed by atoms with Gasteiger partial charge >= 0.3 is 0 Å². The van der Waals surface area contributed by atoms with Crippen LogP contribution >= 0.6 is 23.2 Å². The zero-order valence-corrected chi connectivity index (χ0v) is 26.5. The van der Waals surface area contributed by atoms with Gasteiger partial charge in [-0.3, -0.25) is 13.9 Å². The molecule has 3 aromatic rings. The van der Waals surface area contributed by atoms with Crippen LogP contribution in [0.4, 0.5) is 5.69 Å². The van der Waals surface area contributed by atoms with Gasteiger partial charge in [-0.2, -0.15) is 0 Å². The summed E-state index contributed by atoms with van der Waals surface area (Å²) in [6, 6.07) is 18.5. The molecule has 0 fully saturated rings. The molecule has 0 unspecified atom stereocenters. The van der Waals surface area contributed by atoms with Crippen LogP contribution in [0.5, 0.6) is 5.75 Å². The molecule has 0 spiro atoms. The summed E-state index contributed by atoms with van der Waals surface area (Å²) in [5.74, 6) is -0.405. The topological polar surface area (TPSA) is 96.0 Å². The van der Waals surface area contributed by atoms with E-state index in [1.807, 2.05) is 13.8 Å². The molecular weight excluding hydrogens is 597 g/mol. The standard InChI is InChI=1S/C31H37Cl2N3O5S/c1-5-27(31(38)34-19-22(3)4)35(20-23-11-7-8-12-26(23)33)30(37)21-36(28-13-9-10-14-29(28)41-6-2)42(39,40)25-17-15-24(32)16-18-25/h7-18,22,27H,5-6,19-21H2,1-4H3,(H,34,38)/t27-/m1/s1. The van der Waals surface area contributed by atoms with E-state index in [1.54, 1.807) is 62.4 Å². The summed E-state index contributed by atoms with van der Waals surface area (Å²) in [5, 5.41) is 3.71. The van der Waals surface area contributed by atoms with Gasteiger partial charge in [0.1, 0.15) is 18.3 Å². The van der Waals surface area contributed by atoms with Crippen molar-refractivity contribution >= 4 is 50.7 Å². The number of rotatable bonds is 14. The second-order valence-electron chi connectivity index (χ2n) is 10.0. The van der Waals surface area contributed by atoms with Crippen molar-refractivity contribution in [3.05, 3.63) is 88.4 Å². The number of hydrogen-bond acceptors (Lipinski definition) is 5. The van der Waals surface area contributed by atoms with E-state index in [0.717, 1.165) is 4.31 Å². The summed E-state index contributed by atoms with van der Waals surface area (Å²) >= 11 is 12.5. The van der Waals surface area contributed by atoms with Crippen molar-refractivity contribution in [3.8, 4) is 5.75 Å². The Balaban J connectivity index is 2.11. The fourth-order valence-electron chi connectivity index (χ4n) is 4.34. The summed E-state index contributed by atoms with van der Waals surface area (Å²) in [6.07, 6.45) is 0.305. The molecule has 3 rings (SSSR count). The number of anilines is 1. The zero-order valence-electron chi connectivity index (χ0n) is 24.2. The zero-order chi connectivity index (χ0) is 30.9. The Hall–Kier alpha value is -3.27. The number of halogens is 2. The quantitative estimate of drug-likeness (QED) is 0.229. The molecule has 0 bridgehead atoms. The van der Waals surface area contributed by atoms with Crippen molar-refractivity contribution in [2.75, 3.05) is 24.0 Å². The Kier molecular flexibility index (Phi) is 12.1. The van der Waals surface area contributed by atoms with Crippen LogP contribution in [0.2, 0.25) is 10.0 Å². The normalized spacial score (nSPS) is 12.1. The van der Waals surface area contributed by atoms with Gasteiger partial charge in [-0.25, -0.2) is 8.42 Å². The molecule has 0 aliphatic rings. The lowest BCUT2D eigenvalue weighted by molar-refractivity contribution is -0.140. The van der Waals surface area contributed by atoms with Crippen LogP contribution in [0.25, 0.3) is 0 Å². The smallest absolute Gasteiger partial charge is 0.264 e. The summed E-state index contributed by atoms with van der Waals surface area (Å²) in [7, 11) is -4.27. The average molecular weight is 635 g/mol. The number of benzene rings is 3. The van der Waals surface area contributed by atoms with Crippen LogP contribution in [0.15, 0.2) is 77.7 Å². The van der Waals surface area contributed by atoms with Gasteiger partial charge in [0.15, 0.2) is 0 Å². The van der Waals surface area contributed by atoms with Crippen LogP contribution < -0.4 is 14.4 Å². The predicted octanol–water partition coefficient (Wildman–Crippen LogP) is 6.17. The SMILES string of the molecule is CCOc1ccccc1N(CC(=O)N(Cc1ccccc1Cl)[C@H](CC)C(=O)NCC(C)C)S(=O)(=O)c1ccc(Cl)cc1.